The summed E-state index contributed by atoms with van der Waals surface area (Å²) >= 11 is 0. The average molecular weight is 258 g/mol. The van der Waals surface area contributed by atoms with Crippen LogP contribution in [0.3, 0.4) is 0 Å². The molecule has 0 spiro atoms. The number of aryl methyl sites for hydroxylation is 1. The Hall–Kier alpha value is -1.42. The van der Waals surface area contributed by atoms with E-state index in [0.29, 0.717) is 6.54 Å². The van der Waals surface area contributed by atoms with Gasteiger partial charge in [0.25, 0.3) is 0 Å². The van der Waals surface area contributed by atoms with Gasteiger partial charge in [0, 0.05) is 25.2 Å². The summed E-state index contributed by atoms with van der Waals surface area (Å²) in [6.07, 6.45) is 9.30. The number of pyridine rings is 1. The molecule has 1 aliphatic rings. The maximum atomic E-state index is 6.16. The topological polar surface area (TPSA) is 56.7 Å². The Labute approximate surface area is 114 Å². The fourth-order valence-electron chi connectivity index (χ4n) is 3.42. The van der Waals surface area contributed by atoms with E-state index in [9.17, 15) is 0 Å². The molecule has 2 heterocycles. The lowest BCUT2D eigenvalue weighted by Gasteiger charge is -2.30. The Kier molecular flexibility index (Phi) is 3.27. The van der Waals surface area contributed by atoms with Gasteiger partial charge in [-0.15, -0.1) is 0 Å². The van der Waals surface area contributed by atoms with Crippen LogP contribution in [0, 0.1) is 0 Å². The number of nitrogens with zero attached hydrogens (tertiary/aromatic N) is 3. The van der Waals surface area contributed by atoms with Gasteiger partial charge < -0.3 is 10.3 Å². The molecule has 4 nitrogen and oxygen atoms in total. The molecule has 2 aromatic heterocycles. The van der Waals surface area contributed by atoms with Crippen LogP contribution in [0.5, 0.6) is 0 Å². The Morgan fingerprint density at radius 1 is 1.26 bits per heavy atom. The summed E-state index contributed by atoms with van der Waals surface area (Å²) in [5, 5.41) is 0. The fraction of sp³-hybridized carbons (Fsp3) is 0.600. The van der Waals surface area contributed by atoms with Crippen LogP contribution in [-0.2, 0) is 12.5 Å². The highest BCUT2D eigenvalue weighted by atomic mass is 15.1. The van der Waals surface area contributed by atoms with Gasteiger partial charge in [-0.05, 0) is 25.0 Å². The van der Waals surface area contributed by atoms with Crippen molar-refractivity contribution in [3.05, 3.63) is 24.2 Å². The summed E-state index contributed by atoms with van der Waals surface area (Å²) in [5.74, 6) is 1.13. The third-order valence-electron chi connectivity index (χ3n) is 4.55. The Bertz CT molecular complexity index is 565. The highest BCUT2D eigenvalue weighted by Gasteiger charge is 2.35. The van der Waals surface area contributed by atoms with Crippen molar-refractivity contribution in [3.63, 3.8) is 0 Å². The second-order valence-electron chi connectivity index (χ2n) is 5.74. The molecule has 0 atom stereocenters. The largest absolute Gasteiger partial charge is 0.329 e. The van der Waals surface area contributed by atoms with Crippen LogP contribution >= 0.6 is 0 Å². The second kappa shape index (κ2) is 4.93. The van der Waals surface area contributed by atoms with Gasteiger partial charge in [-0.2, -0.15) is 0 Å². The van der Waals surface area contributed by atoms with Crippen LogP contribution < -0.4 is 5.73 Å². The van der Waals surface area contributed by atoms with E-state index in [4.69, 9.17) is 10.7 Å². The van der Waals surface area contributed by atoms with E-state index in [1.807, 2.05) is 18.3 Å². The van der Waals surface area contributed by atoms with Gasteiger partial charge in [0.05, 0.1) is 0 Å². The standard InChI is InChI=1S/C15H22N4/c1-19-13-12(7-6-10-17-13)18-14(19)15(11-16)8-4-2-3-5-9-15/h6-7,10H,2-5,8-9,11,16H2,1H3. The van der Waals surface area contributed by atoms with E-state index < -0.39 is 0 Å². The number of imidazole rings is 1. The lowest BCUT2D eigenvalue weighted by Crippen LogP contribution is -2.37. The first-order valence-corrected chi connectivity index (χ1v) is 7.25. The molecule has 0 amide bonds. The van der Waals surface area contributed by atoms with Gasteiger partial charge >= 0.3 is 0 Å². The molecular formula is C15H22N4. The Morgan fingerprint density at radius 3 is 2.63 bits per heavy atom. The molecule has 2 N–H and O–H groups in total. The molecule has 19 heavy (non-hydrogen) atoms. The predicted molar refractivity (Wildman–Crippen MR) is 76.9 cm³/mol. The van der Waals surface area contributed by atoms with Crippen molar-refractivity contribution < 1.29 is 0 Å². The molecule has 3 rings (SSSR count). The van der Waals surface area contributed by atoms with Crippen molar-refractivity contribution in [2.24, 2.45) is 12.8 Å². The first-order valence-electron chi connectivity index (χ1n) is 7.25. The molecule has 0 saturated heterocycles. The normalized spacial score (nSPS) is 19.5. The van der Waals surface area contributed by atoms with Crippen molar-refractivity contribution in [3.8, 4) is 0 Å². The van der Waals surface area contributed by atoms with Gasteiger partial charge in [0.2, 0.25) is 0 Å². The molecule has 0 bridgehead atoms. The molecule has 4 heteroatoms. The summed E-state index contributed by atoms with van der Waals surface area (Å²) in [6, 6.07) is 3.98. The van der Waals surface area contributed by atoms with Crippen LogP contribution in [0.25, 0.3) is 11.2 Å². The quantitative estimate of drug-likeness (QED) is 0.842. The zero-order valence-corrected chi connectivity index (χ0v) is 11.6. The van der Waals surface area contributed by atoms with Crippen molar-refractivity contribution in [1.29, 1.82) is 0 Å². The third-order valence-corrected chi connectivity index (χ3v) is 4.55. The van der Waals surface area contributed by atoms with Crippen LogP contribution in [0.2, 0.25) is 0 Å². The summed E-state index contributed by atoms with van der Waals surface area (Å²) in [5.41, 5.74) is 8.15. The van der Waals surface area contributed by atoms with E-state index in [-0.39, 0.29) is 5.41 Å². The highest BCUT2D eigenvalue weighted by molar-refractivity contribution is 5.71. The monoisotopic (exact) mass is 258 g/mol. The predicted octanol–water partition coefficient (Wildman–Crippen LogP) is 2.52. The maximum Gasteiger partial charge on any atom is 0.159 e. The van der Waals surface area contributed by atoms with E-state index in [2.05, 4.69) is 16.6 Å². The molecule has 0 unspecified atom stereocenters. The molecule has 0 radical (unpaired) electrons. The van der Waals surface area contributed by atoms with E-state index in [1.54, 1.807) is 0 Å². The third kappa shape index (κ3) is 2.04. The summed E-state index contributed by atoms with van der Waals surface area (Å²) in [4.78, 5) is 9.29. The smallest absolute Gasteiger partial charge is 0.159 e. The number of nitrogens with two attached hydrogens (primary N) is 1. The van der Waals surface area contributed by atoms with Gasteiger partial charge in [-0.1, -0.05) is 25.7 Å². The zero-order valence-electron chi connectivity index (χ0n) is 11.6. The molecule has 1 fully saturated rings. The minimum atomic E-state index is 0.0476. The average Bonchev–Trinajstić information content (AvgIpc) is 2.65. The van der Waals surface area contributed by atoms with Crippen LogP contribution in [0.4, 0.5) is 0 Å². The van der Waals surface area contributed by atoms with Crippen molar-refractivity contribution in [2.75, 3.05) is 6.54 Å². The molecule has 0 aliphatic heterocycles. The van der Waals surface area contributed by atoms with E-state index in [0.717, 1.165) is 29.8 Å². The summed E-state index contributed by atoms with van der Waals surface area (Å²) < 4.78 is 2.15. The molecule has 0 aromatic carbocycles. The zero-order chi connectivity index (χ0) is 13.3. The van der Waals surface area contributed by atoms with Crippen LogP contribution in [-0.4, -0.2) is 21.1 Å². The fourth-order valence-corrected chi connectivity index (χ4v) is 3.42. The number of fused-ring (bicyclic) bond motifs is 1. The minimum Gasteiger partial charge on any atom is -0.329 e. The first kappa shape index (κ1) is 12.6. The number of hydrogen-bond acceptors (Lipinski definition) is 3. The number of aromatic nitrogens is 3. The van der Waals surface area contributed by atoms with E-state index in [1.165, 1.54) is 25.7 Å². The minimum absolute atomic E-state index is 0.0476. The maximum absolute atomic E-state index is 6.16. The Morgan fingerprint density at radius 2 is 2.00 bits per heavy atom. The number of hydrogen-bond donors (Lipinski definition) is 1. The lowest BCUT2D eigenvalue weighted by molar-refractivity contribution is 0.351. The van der Waals surface area contributed by atoms with Crippen molar-refractivity contribution in [2.45, 2.75) is 43.9 Å². The van der Waals surface area contributed by atoms with Crippen LogP contribution in [0.15, 0.2) is 18.3 Å². The van der Waals surface area contributed by atoms with Crippen molar-refractivity contribution >= 4 is 11.2 Å². The lowest BCUT2D eigenvalue weighted by atomic mass is 9.79. The van der Waals surface area contributed by atoms with Gasteiger partial charge in [0.1, 0.15) is 11.3 Å². The Balaban J connectivity index is 2.12. The number of rotatable bonds is 2. The second-order valence-corrected chi connectivity index (χ2v) is 5.74. The van der Waals surface area contributed by atoms with Crippen molar-refractivity contribution in [1.82, 2.24) is 14.5 Å². The van der Waals surface area contributed by atoms with Gasteiger partial charge in [0.15, 0.2) is 5.65 Å². The molecule has 1 aliphatic carbocycles. The highest BCUT2D eigenvalue weighted by Crippen LogP contribution is 2.37. The SMILES string of the molecule is Cn1c(C2(CN)CCCCCC2)nc2cccnc21. The first-order chi connectivity index (χ1) is 9.27. The summed E-state index contributed by atoms with van der Waals surface area (Å²) in [7, 11) is 2.07. The molecule has 2 aromatic rings. The van der Waals surface area contributed by atoms with Gasteiger partial charge in [-0.3, -0.25) is 0 Å². The van der Waals surface area contributed by atoms with Gasteiger partial charge in [-0.25, -0.2) is 9.97 Å². The summed E-state index contributed by atoms with van der Waals surface area (Å²) in [6.45, 7) is 0.685. The van der Waals surface area contributed by atoms with Crippen LogP contribution in [0.1, 0.15) is 44.3 Å². The van der Waals surface area contributed by atoms with E-state index >= 15 is 0 Å². The molecule has 102 valence electrons. The molecule has 1 saturated carbocycles. The molecular weight excluding hydrogens is 236 g/mol.